The van der Waals surface area contributed by atoms with Crippen LogP contribution in [0.25, 0.3) is 0 Å². The van der Waals surface area contributed by atoms with Gasteiger partial charge < -0.3 is 4.90 Å². The van der Waals surface area contributed by atoms with Crippen molar-refractivity contribution < 1.29 is 9.18 Å². The average molecular weight is 388 g/mol. The largest absolute Gasteiger partial charge is 0.338 e. The van der Waals surface area contributed by atoms with Crippen LogP contribution in [-0.2, 0) is 6.42 Å². The number of halogens is 1. The number of aromatic nitrogens is 1. The van der Waals surface area contributed by atoms with Gasteiger partial charge in [-0.05, 0) is 73.7 Å². The number of carbonyl (C=O) groups excluding carboxylic acids is 1. The Kier molecular flexibility index (Phi) is 5.70. The second-order valence-corrected chi connectivity index (χ2v) is 7.80. The van der Waals surface area contributed by atoms with E-state index in [1.165, 1.54) is 17.7 Å². The third-order valence-corrected chi connectivity index (χ3v) is 5.50. The van der Waals surface area contributed by atoms with E-state index in [4.69, 9.17) is 4.98 Å². The molecule has 4 rings (SSSR count). The molecule has 1 aliphatic rings. The van der Waals surface area contributed by atoms with Crippen LogP contribution in [0.1, 0.15) is 51.6 Å². The third kappa shape index (κ3) is 4.70. The summed E-state index contributed by atoms with van der Waals surface area (Å²) >= 11 is 0. The highest BCUT2D eigenvalue weighted by atomic mass is 19.1. The van der Waals surface area contributed by atoms with Gasteiger partial charge in [0.1, 0.15) is 5.82 Å². The Morgan fingerprint density at radius 1 is 1.07 bits per heavy atom. The quantitative estimate of drug-likeness (QED) is 0.620. The fourth-order valence-electron chi connectivity index (χ4n) is 4.08. The molecule has 1 atom stereocenters. The molecule has 1 amide bonds. The van der Waals surface area contributed by atoms with Crippen molar-refractivity contribution in [3.8, 4) is 0 Å². The van der Waals surface area contributed by atoms with Crippen LogP contribution in [-0.4, -0.2) is 28.9 Å². The fraction of sp³-hybridized carbons (Fsp3) is 0.280. The molecule has 0 radical (unpaired) electrons. The first-order chi connectivity index (χ1) is 14.1. The predicted octanol–water partition coefficient (Wildman–Crippen LogP) is 5.14. The number of pyridine rings is 1. The molecule has 0 spiro atoms. The maximum atomic E-state index is 13.2. The third-order valence-electron chi connectivity index (χ3n) is 5.50. The summed E-state index contributed by atoms with van der Waals surface area (Å²) in [5, 5.41) is 0. The molecule has 0 saturated carbocycles. The summed E-state index contributed by atoms with van der Waals surface area (Å²) in [6.07, 6.45) is 2.76. The van der Waals surface area contributed by atoms with Gasteiger partial charge in [0.15, 0.2) is 0 Å². The Balaban J connectivity index is 1.52. The number of rotatable bonds is 4. The zero-order chi connectivity index (χ0) is 20.2. The molecule has 3 aromatic rings. The molecule has 29 heavy (non-hydrogen) atoms. The van der Waals surface area contributed by atoms with Crippen molar-refractivity contribution in [3.63, 3.8) is 0 Å². The minimum absolute atomic E-state index is 0.0921. The number of likely N-dealkylation sites (tertiary alicyclic amines) is 1. The summed E-state index contributed by atoms with van der Waals surface area (Å²) in [7, 11) is 0. The SMILES string of the molecule is Cc1cc(Cc2ccc(F)cc2)cc([C@@H]2CCCN(C(=O)c3ccccc3)C2)n1. The highest BCUT2D eigenvalue weighted by Gasteiger charge is 2.26. The maximum absolute atomic E-state index is 13.2. The van der Waals surface area contributed by atoms with Crippen LogP contribution in [0.5, 0.6) is 0 Å². The molecule has 0 unspecified atom stereocenters. The Labute approximate surface area is 171 Å². The van der Waals surface area contributed by atoms with E-state index in [9.17, 15) is 9.18 Å². The van der Waals surface area contributed by atoms with E-state index in [-0.39, 0.29) is 17.6 Å². The molecule has 0 bridgehead atoms. The molecule has 1 aromatic heterocycles. The molecular formula is C25H25FN2O. The molecule has 1 saturated heterocycles. The second kappa shape index (κ2) is 8.56. The number of hydrogen-bond donors (Lipinski definition) is 0. The van der Waals surface area contributed by atoms with Crippen molar-refractivity contribution in [2.24, 2.45) is 0 Å². The summed E-state index contributed by atoms with van der Waals surface area (Å²) in [6, 6.07) is 20.4. The summed E-state index contributed by atoms with van der Waals surface area (Å²) in [5.41, 5.74) is 5.01. The van der Waals surface area contributed by atoms with Gasteiger partial charge in [0, 0.05) is 36.0 Å². The first kappa shape index (κ1) is 19.3. The molecular weight excluding hydrogens is 363 g/mol. The number of amides is 1. The maximum Gasteiger partial charge on any atom is 0.253 e. The van der Waals surface area contributed by atoms with E-state index in [1.54, 1.807) is 0 Å². The van der Waals surface area contributed by atoms with E-state index in [0.717, 1.165) is 48.3 Å². The number of piperidine rings is 1. The van der Waals surface area contributed by atoms with Crippen molar-refractivity contribution in [2.75, 3.05) is 13.1 Å². The second-order valence-electron chi connectivity index (χ2n) is 7.80. The van der Waals surface area contributed by atoms with Crippen LogP contribution >= 0.6 is 0 Å². The highest BCUT2D eigenvalue weighted by molar-refractivity contribution is 5.94. The van der Waals surface area contributed by atoms with Crippen molar-refractivity contribution in [1.82, 2.24) is 9.88 Å². The first-order valence-corrected chi connectivity index (χ1v) is 10.1. The minimum atomic E-state index is -0.217. The molecule has 2 aromatic carbocycles. The number of nitrogens with zero attached hydrogens (tertiary/aromatic N) is 2. The van der Waals surface area contributed by atoms with Crippen molar-refractivity contribution in [2.45, 2.75) is 32.1 Å². The normalized spacial score (nSPS) is 16.6. The number of benzene rings is 2. The van der Waals surface area contributed by atoms with Crippen molar-refractivity contribution in [1.29, 1.82) is 0 Å². The van der Waals surface area contributed by atoms with Gasteiger partial charge >= 0.3 is 0 Å². The van der Waals surface area contributed by atoms with Gasteiger partial charge in [-0.25, -0.2) is 4.39 Å². The van der Waals surface area contributed by atoms with Crippen molar-refractivity contribution in [3.05, 3.63) is 101 Å². The standard InChI is InChI=1S/C25H25FN2O/c1-18-14-20(15-19-9-11-23(26)12-10-19)16-24(27-18)22-8-5-13-28(17-22)25(29)21-6-3-2-4-7-21/h2-4,6-7,9-12,14,16,22H,5,8,13,15,17H2,1H3/t22-/m1/s1. The molecule has 2 heterocycles. The molecule has 4 heteroatoms. The summed E-state index contributed by atoms with van der Waals surface area (Å²) < 4.78 is 13.2. The highest BCUT2D eigenvalue weighted by Crippen LogP contribution is 2.28. The van der Waals surface area contributed by atoms with Gasteiger partial charge in [0.25, 0.3) is 5.91 Å². The smallest absolute Gasteiger partial charge is 0.253 e. The predicted molar refractivity (Wildman–Crippen MR) is 113 cm³/mol. The van der Waals surface area contributed by atoms with Gasteiger partial charge in [-0.15, -0.1) is 0 Å². The summed E-state index contributed by atoms with van der Waals surface area (Å²) in [4.78, 5) is 19.6. The Morgan fingerprint density at radius 2 is 1.83 bits per heavy atom. The monoisotopic (exact) mass is 388 g/mol. The van der Waals surface area contributed by atoms with Crippen LogP contribution < -0.4 is 0 Å². The van der Waals surface area contributed by atoms with Crippen LogP contribution in [0.15, 0.2) is 66.7 Å². The van der Waals surface area contributed by atoms with Gasteiger partial charge in [0.05, 0.1) is 0 Å². The van der Waals surface area contributed by atoms with Crippen LogP contribution in [0, 0.1) is 12.7 Å². The van der Waals surface area contributed by atoms with Crippen molar-refractivity contribution >= 4 is 5.91 Å². The van der Waals surface area contributed by atoms with Crippen LogP contribution in [0.3, 0.4) is 0 Å². The Bertz CT molecular complexity index is 985. The lowest BCUT2D eigenvalue weighted by atomic mass is 9.92. The lowest BCUT2D eigenvalue weighted by Gasteiger charge is -2.33. The summed E-state index contributed by atoms with van der Waals surface area (Å²) in [6.45, 7) is 3.49. The molecule has 148 valence electrons. The van der Waals surface area contributed by atoms with Gasteiger partial charge in [0.2, 0.25) is 0 Å². The zero-order valence-electron chi connectivity index (χ0n) is 16.6. The van der Waals surface area contributed by atoms with E-state index >= 15 is 0 Å². The van der Waals surface area contributed by atoms with E-state index in [1.807, 2.05) is 54.3 Å². The molecule has 0 aliphatic carbocycles. The first-order valence-electron chi connectivity index (χ1n) is 10.1. The van der Waals surface area contributed by atoms with Crippen LogP contribution in [0.4, 0.5) is 4.39 Å². The van der Waals surface area contributed by atoms with Crippen LogP contribution in [0.2, 0.25) is 0 Å². The average Bonchev–Trinajstić information content (AvgIpc) is 2.75. The molecule has 1 fully saturated rings. The van der Waals surface area contributed by atoms with Gasteiger partial charge in [-0.1, -0.05) is 30.3 Å². The zero-order valence-corrected chi connectivity index (χ0v) is 16.6. The van der Waals surface area contributed by atoms with E-state index in [2.05, 4.69) is 12.1 Å². The van der Waals surface area contributed by atoms with E-state index < -0.39 is 0 Å². The van der Waals surface area contributed by atoms with Gasteiger partial charge in [-0.2, -0.15) is 0 Å². The Hall–Kier alpha value is -3.01. The molecule has 0 N–H and O–H groups in total. The topological polar surface area (TPSA) is 33.2 Å². The lowest BCUT2D eigenvalue weighted by molar-refractivity contribution is 0.0706. The number of aryl methyl sites for hydroxylation is 1. The Morgan fingerprint density at radius 3 is 2.59 bits per heavy atom. The lowest BCUT2D eigenvalue weighted by Crippen LogP contribution is -2.39. The molecule has 1 aliphatic heterocycles. The minimum Gasteiger partial charge on any atom is -0.338 e. The fourth-order valence-corrected chi connectivity index (χ4v) is 4.08. The number of carbonyl (C=O) groups is 1. The molecule has 3 nitrogen and oxygen atoms in total. The summed E-state index contributed by atoms with van der Waals surface area (Å²) in [5.74, 6) is 0.114. The number of hydrogen-bond acceptors (Lipinski definition) is 2. The van der Waals surface area contributed by atoms with E-state index in [0.29, 0.717) is 6.54 Å². The van der Waals surface area contributed by atoms with Gasteiger partial charge in [-0.3, -0.25) is 9.78 Å².